The van der Waals surface area contributed by atoms with Crippen molar-refractivity contribution in [1.82, 2.24) is 5.32 Å². The third kappa shape index (κ3) is 4.33. The summed E-state index contributed by atoms with van der Waals surface area (Å²) in [4.78, 5) is 0. The Bertz CT molecular complexity index is 329. The standard InChI is InChI=1S/C15H24ClN/c1-5-7-12(4)15(17-6-2)13-8-11(3)9-14(16)10-13/h8-10,12,15,17H,5-7H2,1-4H3. The molecule has 0 aromatic heterocycles. The first kappa shape index (κ1) is 14.5. The van der Waals surface area contributed by atoms with Gasteiger partial charge in [-0.1, -0.05) is 44.9 Å². The van der Waals surface area contributed by atoms with E-state index in [9.17, 15) is 0 Å². The summed E-state index contributed by atoms with van der Waals surface area (Å²) in [7, 11) is 0. The highest BCUT2D eigenvalue weighted by Crippen LogP contribution is 2.28. The molecule has 2 atom stereocenters. The van der Waals surface area contributed by atoms with Gasteiger partial charge in [0.15, 0.2) is 0 Å². The van der Waals surface area contributed by atoms with Crippen LogP contribution in [0.15, 0.2) is 18.2 Å². The predicted molar refractivity (Wildman–Crippen MR) is 76.7 cm³/mol. The van der Waals surface area contributed by atoms with Gasteiger partial charge < -0.3 is 5.32 Å². The summed E-state index contributed by atoms with van der Waals surface area (Å²) >= 11 is 6.15. The third-order valence-electron chi connectivity index (χ3n) is 3.16. The van der Waals surface area contributed by atoms with E-state index in [4.69, 9.17) is 11.6 Å². The van der Waals surface area contributed by atoms with Crippen LogP contribution in [0.4, 0.5) is 0 Å². The first-order valence-corrected chi connectivity index (χ1v) is 6.96. The van der Waals surface area contributed by atoms with Gasteiger partial charge in [0.1, 0.15) is 0 Å². The Balaban J connectivity index is 2.95. The molecular weight excluding hydrogens is 230 g/mol. The Morgan fingerprint density at radius 3 is 2.47 bits per heavy atom. The molecule has 96 valence electrons. The van der Waals surface area contributed by atoms with Crippen molar-refractivity contribution in [3.05, 3.63) is 34.3 Å². The maximum Gasteiger partial charge on any atom is 0.0411 e. The molecule has 17 heavy (non-hydrogen) atoms. The lowest BCUT2D eigenvalue weighted by Gasteiger charge is -2.25. The smallest absolute Gasteiger partial charge is 0.0411 e. The summed E-state index contributed by atoms with van der Waals surface area (Å²) in [6.45, 7) is 9.80. The topological polar surface area (TPSA) is 12.0 Å². The third-order valence-corrected chi connectivity index (χ3v) is 3.38. The van der Waals surface area contributed by atoms with Gasteiger partial charge in [0.05, 0.1) is 0 Å². The minimum Gasteiger partial charge on any atom is -0.310 e. The molecule has 1 nitrogen and oxygen atoms in total. The number of aryl methyl sites for hydroxylation is 1. The number of hydrogen-bond acceptors (Lipinski definition) is 1. The molecule has 1 aromatic rings. The number of rotatable bonds is 6. The molecule has 0 fully saturated rings. The Morgan fingerprint density at radius 2 is 1.94 bits per heavy atom. The zero-order valence-electron chi connectivity index (χ0n) is 11.4. The molecule has 0 spiro atoms. The number of hydrogen-bond donors (Lipinski definition) is 1. The van der Waals surface area contributed by atoms with Crippen LogP contribution in [-0.2, 0) is 0 Å². The van der Waals surface area contributed by atoms with Crippen molar-refractivity contribution < 1.29 is 0 Å². The molecule has 0 saturated carbocycles. The molecule has 0 heterocycles. The Kier molecular flexibility index (Phi) is 6.01. The fourth-order valence-electron chi connectivity index (χ4n) is 2.43. The second kappa shape index (κ2) is 7.03. The van der Waals surface area contributed by atoms with Crippen molar-refractivity contribution in [2.75, 3.05) is 6.54 Å². The molecule has 0 saturated heterocycles. The number of benzene rings is 1. The highest BCUT2D eigenvalue weighted by Gasteiger charge is 2.18. The highest BCUT2D eigenvalue weighted by molar-refractivity contribution is 6.30. The average Bonchev–Trinajstić information content (AvgIpc) is 2.24. The SMILES string of the molecule is CCCC(C)C(NCC)c1cc(C)cc(Cl)c1. The maximum atomic E-state index is 6.15. The van der Waals surface area contributed by atoms with E-state index in [2.05, 4.69) is 45.1 Å². The monoisotopic (exact) mass is 253 g/mol. The van der Waals surface area contributed by atoms with E-state index in [0.717, 1.165) is 11.6 Å². The van der Waals surface area contributed by atoms with Crippen LogP contribution in [-0.4, -0.2) is 6.54 Å². The molecule has 0 aliphatic rings. The van der Waals surface area contributed by atoms with Crippen molar-refractivity contribution in [3.63, 3.8) is 0 Å². The minimum absolute atomic E-state index is 0.414. The van der Waals surface area contributed by atoms with Gasteiger partial charge in [-0.2, -0.15) is 0 Å². The van der Waals surface area contributed by atoms with Gasteiger partial charge in [-0.3, -0.25) is 0 Å². The van der Waals surface area contributed by atoms with Gasteiger partial charge in [-0.15, -0.1) is 0 Å². The van der Waals surface area contributed by atoms with Crippen LogP contribution >= 0.6 is 11.6 Å². The van der Waals surface area contributed by atoms with Crippen molar-refractivity contribution in [3.8, 4) is 0 Å². The summed E-state index contributed by atoms with van der Waals surface area (Å²) in [5.41, 5.74) is 2.55. The molecule has 0 aliphatic heterocycles. The van der Waals surface area contributed by atoms with E-state index in [1.54, 1.807) is 0 Å². The molecular formula is C15H24ClN. The summed E-state index contributed by atoms with van der Waals surface area (Å²) in [5.74, 6) is 0.637. The second-order valence-electron chi connectivity index (χ2n) is 4.86. The van der Waals surface area contributed by atoms with Crippen molar-refractivity contribution in [2.24, 2.45) is 5.92 Å². The molecule has 0 aliphatic carbocycles. The summed E-state index contributed by atoms with van der Waals surface area (Å²) in [5, 5.41) is 4.42. The molecule has 0 amide bonds. The van der Waals surface area contributed by atoms with E-state index in [1.165, 1.54) is 24.0 Å². The van der Waals surface area contributed by atoms with Crippen molar-refractivity contribution in [1.29, 1.82) is 0 Å². The van der Waals surface area contributed by atoms with Crippen LogP contribution in [0.1, 0.15) is 50.8 Å². The van der Waals surface area contributed by atoms with Crippen molar-refractivity contribution in [2.45, 2.75) is 46.6 Å². The lowest BCUT2D eigenvalue weighted by atomic mass is 9.90. The van der Waals surface area contributed by atoms with Crippen LogP contribution < -0.4 is 5.32 Å². The average molecular weight is 254 g/mol. The largest absolute Gasteiger partial charge is 0.310 e. The van der Waals surface area contributed by atoms with Crippen molar-refractivity contribution >= 4 is 11.6 Å². The fourth-order valence-corrected chi connectivity index (χ4v) is 2.73. The highest BCUT2D eigenvalue weighted by atomic mass is 35.5. The van der Waals surface area contributed by atoms with Gasteiger partial charge in [0.2, 0.25) is 0 Å². The molecule has 2 heteroatoms. The Morgan fingerprint density at radius 1 is 1.24 bits per heavy atom. The molecule has 1 N–H and O–H groups in total. The minimum atomic E-state index is 0.414. The number of halogens is 1. The summed E-state index contributed by atoms with van der Waals surface area (Å²) < 4.78 is 0. The van der Waals surface area contributed by atoms with Gasteiger partial charge in [-0.05, 0) is 49.1 Å². The quantitative estimate of drug-likeness (QED) is 0.773. The van der Waals surface area contributed by atoms with E-state index in [-0.39, 0.29) is 0 Å². The van der Waals surface area contributed by atoms with E-state index < -0.39 is 0 Å². The molecule has 1 rings (SSSR count). The van der Waals surface area contributed by atoms with Crippen LogP contribution in [0.2, 0.25) is 5.02 Å². The lowest BCUT2D eigenvalue weighted by molar-refractivity contribution is 0.369. The van der Waals surface area contributed by atoms with Crippen LogP contribution in [0.5, 0.6) is 0 Å². The molecule has 2 unspecified atom stereocenters. The van der Waals surface area contributed by atoms with Crippen LogP contribution in [0.3, 0.4) is 0 Å². The van der Waals surface area contributed by atoms with Gasteiger partial charge in [0.25, 0.3) is 0 Å². The normalized spacial score (nSPS) is 14.6. The van der Waals surface area contributed by atoms with Gasteiger partial charge in [-0.25, -0.2) is 0 Å². The summed E-state index contributed by atoms with van der Waals surface area (Å²) in [6.07, 6.45) is 2.46. The zero-order chi connectivity index (χ0) is 12.8. The predicted octanol–water partition coefficient (Wildman–Crippen LogP) is 4.74. The van der Waals surface area contributed by atoms with E-state index >= 15 is 0 Å². The second-order valence-corrected chi connectivity index (χ2v) is 5.30. The molecule has 0 bridgehead atoms. The first-order valence-electron chi connectivity index (χ1n) is 6.59. The maximum absolute atomic E-state index is 6.15. The van der Waals surface area contributed by atoms with Crippen LogP contribution in [0.25, 0.3) is 0 Å². The number of nitrogens with one attached hydrogen (secondary N) is 1. The Hall–Kier alpha value is -0.530. The Labute approximate surface area is 111 Å². The fraction of sp³-hybridized carbons (Fsp3) is 0.600. The van der Waals surface area contributed by atoms with E-state index in [0.29, 0.717) is 12.0 Å². The first-order chi connectivity index (χ1) is 8.08. The molecule has 0 radical (unpaired) electrons. The van der Waals surface area contributed by atoms with Gasteiger partial charge in [0, 0.05) is 11.1 Å². The van der Waals surface area contributed by atoms with Crippen LogP contribution in [0, 0.1) is 12.8 Å². The zero-order valence-corrected chi connectivity index (χ0v) is 12.1. The van der Waals surface area contributed by atoms with E-state index in [1.807, 2.05) is 6.07 Å². The lowest BCUT2D eigenvalue weighted by Crippen LogP contribution is -2.26. The van der Waals surface area contributed by atoms with Gasteiger partial charge >= 0.3 is 0 Å². The molecule has 1 aromatic carbocycles. The summed E-state index contributed by atoms with van der Waals surface area (Å²) in [6, 6.07) is 6.76.